The number of carboxylic acids is 1. The van der Waals surface area contributed by atoms with Gasteiger partial charge in [0.2, 0.25) is 0 Å². The smallest absolute Gasteiger partial charge is 0.309 e. The topological polar surface area (TPSA) is 37.3 Å². The fourth-order valence-corrected chi connectivity index (χ4v) is 2.90. The standard InChI is InChI=1S/C12H12F2O2S/c13-12(14,7-11(15)16)9-3-4-10-8(6-9)2-1-5-17-10/h3-4,6H,1-2,5,7H2,(H,15,16). The van der Waals surface area contributed by atoms with Crippen LogP contribution in [0.15, 0.2) is 23.1 Å². The Morgan fingerprint density at radius 1 is 1.47 bits per heavy atom. The van der Waals surface area contributed by atoms with Gasteiger partial charge >= 0.3 is 5.97 Å². The molecule has 0 spiro atoms. The van der Waals surface area contributed by atoms with E-state index in [0.29, 0.717) is 0 Å². The summed E-state index contributed by atoms with van der Waals surface area (Å²) in [4.78, 5) is 11.4. The van der Waals surface area contributed by atoms with Crippen LogP contribution in [-0.4, -0.2) is 16.8 Å². The van der Waals surface area contributed by atoms with Crippen LogP contribution >= 0.6 is 11.8 Å². The van der Waals surface area contributed by atoms with Crippen molar-refractivity contribution in [3.63, 3.8) is 0 Å². The lowest BCUT2D eigenvalue weighted by atomic mass is 10.0. The highest BCUT2D eigenvalue weighted by molar-refractivity contribution is 7.99. The minimum absolute atomic E-state index is 0.193. The van der Waals surface area contributed by atoms with Crippen molar-refractivity contribution in [2.45, 2.75) is 30.1 Å². The van der Waals surface area contributed by atoms with Gasteiger partial charge in [-0.1, -0.05) is 6.07 Å². The maximum absolute atomic E-state index is 13.6. The molecule has 1 aliphatic heterocycles. The molecule has 0 bridgehead atoms. The van der Waals surface area contributed by atoms with Crippen molar-refractivity contribution in [1.82, 2.24) is 0 Å². The number of rotatable bonds is 3. The molecule has 17 heavy (non-hydrogen) atoms. The van der Waals surface area contributed by atoms with Crippen molar-refractivity contribution >= 4 is 17.7 Å². The van der Waals surface area contributed by atoms with Crippen LogP contribution in [0.2, 0.25) is 0 Å². The normalized spacial score (nSPS) is 15.4. The van der Waals surface area contributed by atoms with Crippen LogP contribution in [0.3, 0.4) is 0 Å². The second-order valence-corrected chi connectivity index (χ2v) is 5.19. The van der Waals surface area contributed by atoms with Crippen LogP contribution in [-0.2, 0) is 17.1 Å². The second-order valence-electron chi connectivity index (χ2n) is 4.05. The molecule has 0 aromatic heterocycles. The molecule has 2 rings (SSSR count). The lowest BCUT2D eigenvalue weighted by Gasteiger charge is -2.19. The maximum Gasteiger partial charge on any atom is 0.309 e. The predicted molar refractivity (Wildman–Crippen MR) is 61.6 cm³/mol. The van der Waals surface area contributed by atoms with Gasteiger partial charge in [-0.3, -0.25) is 4.79 Å². The average Bonchev–Trinajstić information content (AvgIpc) is 2.26. The number of fused-ring (bicyclic) bond motifs is 1. The zero-order chi connectivity index (χ0) is 12.5. The monoisotopic (exact) mass is 258 g/mol. The maximum atomic E-state index is 13.6. The zero-order valence-corrected chi connectivity index (χ0v) is 9.90. The van der Waals surface area contributed by atoms with E-state index in [9.17, 15) is 13.6 Å². The first-order chi connectivity index (χ1) is 7.99. The molecule has 1 aromatic carbocycles. The first-order valence-corrected chi connectivity index (χ1v) is 6.33. The summed E-state index contributed by atoms with van der Waals surface area (Å²) in [5.74, 6) is -3.76. The van der Waals surface area contributed by atoms with Crippen molar-refractivity contribution in [1.29, 1.82) is 0 Å². The molecule has 0 unspecified atom stereocenters. The van der Waals surface area contributed by atoms with E-state index in [1.165, 1.54) is 12.1 Å². The molecule has 92 valence electrons. The summed E-state index contributed by atoms with van der Waals surface area (Å²) in [6.45, 7) is 0. The van der Waals surface area contributed by atoms with E-state index in [0.717, 1.165) is 29.1 Å². The van der Waals surface area contributed by atoms with Gasteiger partial charge < -0.3 is 5.11 Å². The first kappa shape index (κ1) is 12.4. The molecule has 1 aliphatic rings. The van der Waals surface area contributed by atoms with Gasteiger partial charge in [-0.25, -0.2) is 8.78 Å². The summed E-state index contributed by atoms with van der Waals surface area (Å²) in [7, 11) is 0. The SMILES string of the molecule is O=C(O)CC(F)(F)c1ccc2c(c1)CCCS2. The van der Waals surface area contributed by atoms with Gasteiger partial charge in [-0.2, -0.15) is 0 Å². The van der Waals surface area contributed by atoms with Crippen molar-refractivity contribution < 1.29 is 18.7 Å². The third kappa shape index (κ3) is 2.77. The molecule has 1 aromatic rings. The second kappa shape index (κ2) is 4.64. The Labute approximate surface area is 102 Å². The van der Waals surface area contributed by atoms with Crippen LogP contribution in [0.25, 0.3) is 0 Å². The summed E-state index contributed by atoms with van der Waals surface area (Å²) < 4.78 is 27.2. The highest BCUT2D eigenvalue weighted by Gasteiger charge is 2.35. The Kier molecular flexibility index (Phi) is 3.38. The van der Waals surface area contributed by atoms with Gasteiger partial charge in [0, 0.05) is 10.5 Å². The number of alkyl halides is 2. The molecule has 0 radical (unpaired) electrons. The minimum atomic E-state index is -3.29. The highest BCUT2D eigenvalue weighted by Crippen LogP contribution is 2.36. The van der Waals surface area contributed by atoms with E-state index in [-0.39, 0.29) is 5.56 Å². The largest absolute Gasteiger partial charge is 0.481 e. The molecule has 1 heterocycles. The summed E-state index contributed by atoms with van der Waals surface area (Å²) in [6.07, 6.45) is 0.615. The molecule has 0 fully saturated rings. The number of halogens is 2. The van der Waals surface area contributed by atoms with Gasteiger partial charge in [0.1, 0.15) is 6.42 Å². The molecule has 0 amide bonds. The molecule has 0 aliphatic carbocycles. The van der Waals surface area contributed by atoms with E-state index in [2.05, 4.69) is 0 Å². The van der Waals surface area contributed by atoms with Crippen LogP contribution < -0.4 is 0 Å². The number of benzene rings is 1. The quantitative estimate of drug-likeness (QED) is 0.904. The minimum Gasteiger partial charge on any atom is -0.481 e. The number of carbonyl (C=O) groups is 1. The van der Waals surface area contributed by atoms with Gasteiger partial charge in [0.15, 0.2) is 0 Å². The molecular formula is C12H12F2O2S. The number of hydrogen-bond acceptors (Lipinski definition) is 2. The third-order valence-electron chi connectivity index (χ3n) is 2.70. The van der Waals surface area contributed by atoms with E-state index < -0.39 is 18.3 Å². The van der Waals surface area contributed by atoms with E-state index in [4.69, 9.17) is 5.11 Å². The van der Waals surface area contributed by atoms with Gasteiger partial charge in [0.05, 0.1) is 0 Å². The summed E-state index contributed by atoms with van der Waals surface area (Å²) in [5, 5.41) is 8.46. The van der Waals surface area contributed by atoms with Crippen molar-refractivity contribution in [2.75, 3.05) is 5.75 Å². The Morgan fingerprint density at radius 2 is 2.24 bits per heavy atom. The number of aliphatic carboxylic acids is 1. The van der Waals surface area contributed by atoms with Gasteiger partial charge in [-0.15, -0.1) is 11.8 Å². The fourth-order valence-electron chi connectivity index (χ4n) is 1.88. The summed E-state index contributed by atoms with van der Waals surface area (Å²) in [6, 6.07) is 4.45. The fraction of sp³-hybridized carbons (Fsp3) is 0.417. The Balaban J connectivity index is 2.30. The Hall–Kier alpha value is -1.10. The van der Waals surface area contributed by atoms with Crippen LogP contribution in [0.1, 0.15) is 24.0 Å². The molecule has 5 heteroatoms. The van der Waals surface area contributed by atoms with Crippen molar-refractivity contribution in [3.8, 4) is 0 Å². The van der Waals surface area contributed by atoms with Crippen LogP contribution in [0.4, 0.5) is 8.78 Å². The molecule has 0 atom stereocenters. The van der Waals surface area contributed by atoms with E-state index in [1.807, 2.05) is 0 Å². The predicted octanol–water partition coefficient (Wildman–Crippen LogP) is 3.29. The number of aryl methyl sites for hydroxylation is 1. The lowest BCUT2D eigenvalue weighted by Crippen LogP contribution is -2.19. The molecule has 1 N–H and O–H groups in total. The Morgan fingerprint density at radius 3 is 2.94 bits per heavy atom. The average molecular weight is 258 g/mol. The highest BCUT2D eigenvalue weighted by atomic mass is 32.2. The zero-order valence-electron chi connectivity index (χ0n) is 9.08. The first-order valence-electron chi connectivity index (χ1n) is 5.35. The van der Waals surface area contributed by atoms with Crippen LogP contribution in [0.5, 0.6) is 0 Å². The molecule has 2 nitrogen and oxygen atoms in total. The number of thioether (sulfide) groups is 1. The van der Waals surface area contributed by atoms with E-state index >= 15 is 0 Å². The lowest BCUT2D eigenvalue weighted by molar-refractivity contribution is -0.145. The van der Waals surface area contributed by atoms with Crippen molar-refractivity contribution in [2.24, 2.45) is 0 Å². The molecule has 0 saturated heterocycles. The Bertz CT molecular complexity index is 446. The third-order valence-corrected chi connectivity index (χ3v) is 3.91. The van der Waals surface area contributed by atoms with E-state index in [1.54, 1.807) is 17.8 Å². The molecular weight excluding hydrogens is 246 g/mol. The number of hydrogen-bond donors (Lipinski definition) is 1. The van der Waals surface area contributed by atoms with Crippen molar-refractivity contribution in [3.05, 3.63) is 29.3 Å². The number of carboxylic acid groups (broad SMARTS) is 1. The molecule has 0 saturated carbocycles. The summed E-state index contributed by atoms with van der Waals surface area (Å²) >= 11 is 1.66. The summed E-state index contributed by atoms with van der Waals surface area (Å²) in [5.41, 5.74) is 0.713. The van der Waals surface area contributed by atoms with Gasteiger partial charge in [-0.05, 0) is 36.3 Å². The van der Waals surface area contributed by atoms with Crippen LogP contribution in [0, 0.1) is 0 Å². The van der Waals surface area contributed by atoms with Gasteiger partial charge in [0.25, 0.3) is 5.92 Å².